The molecule has 0 rings (SSSR count). The van der Waals surface area contributed by atoms with E-state index in [-0.39, 0.29) is 0 Å². The van der Waals surface area contributed by atoms with E-state index in [1.165, 1.54) is 4.90 Å². The van der Waals surface area contributed by atoms with Gasteiger partial charge in [-0.3, -0.25) is 4.84 Å². The molecule has 0 spiro atoms. The highest BCUT2D eigenvalue weighted by Gasteiger charge is 2.08. The van der Waals surface area contributed by atoms with E-state index >= 15 is 0 Å². The lowest BCUT2D eigenvalue weighted by atomic mass is 10.6. The maximum Gasteiger partial charge on any atom is 0.435 e. The highest BCUT2D eigenvalue weighted by atomic mass is 16.7. The molecule has 58 valence electrons. The summed E-state index contributed by atoms with van der Waals surface area (Å²) >= 11 is 0. The number of oxime groups is 1. The van der Waals surface area contributed by atoms with Crippen LogP contribution in [0.2, 0.25) is 0 Å². The monoisotopic (exact) mass is 144 g/mol. The Bertz CT molecular complexity index is 121. The largest absolute Gasteiger partial charge is 0.435 e. The fourth-order valence-electron chi connectivity index (χ4n) is 0.595. The average molecular weight is 144 g/mol. The Hall–Kier alpha value is -1.06. The molecule has 0 N–H and O–H groups in total. The number of carbonyl (C=O) groups excluding carboxylic acids is 1. The molecule has 4 nitrogen and oxygen atoms in total. The van der Waals surface area contributed by atoms with Crippen molar-refractivity contribution >= 4 is 12.8 Å². The van der Waals surface area contributed by atoms with Crippen molar-refractivity contribution in [3.05, 3.63) is 0 Å². The predicted molar refractivity (Wildman–Crippen MR) is 39.0 cm³/mol. The van der Waals surface area contributed by atoms with Gasteiger partial charge in [0.1, 0.15) is 0 Å². The molecule has 4 heteroatoms. The lowest BCUT2D eigenvalue weighted by molar-refractivity contribution is 0.110. The second kappa shape index (κ2) is 4.78. The molecule has 0 aromatic heterocycles. The fraction of sp³-hybridized carbons (Fsp3) is 0.667. The van der Waals surface area contributed by atoms with Crippen LogP contribution in [0.5, 0.6) is 0 Å². The molecule has 0 fully saturated rings. The van der Waals surface area contributed by atoms with Gasteiger partial charge in [0.2, 0.25) is 0 Å². The fourth-order valence-corrected chi connectivity index (χ4v) is 0.595. The van der Waals surface area contributed by atoms with E-state index in [0.717, 1.165) is 0 Å². The molecular weight excluding hydrogens is 132 g/mol. The van der Waals surface area contributed by atoms with Crippen molar-refractivity contribution in [1.82, 2.24) is 4.90 Å². The second-order valence-electron chi connectivity index (χ2n) is 1.66. The van der Waals surface area contributed by atoms with Gasteiger partial charge in [-0.2, -0.15) is 0 Å². The molecule has 0 aromatic carbocycles. The first-order chi connectivity index (χ1) is 4.76. The first-order valence-electron chi connectivity index (χ1n) is 3.18. The number of carbonyl (C=O) groups is 1. The summed E-state index contributed by atoms with van der Waals surface area (Å²) in [6, 6.07) is 0. The first kappa shape index (κ1) is 8.94. The zero-order chi connectivity index (χ0) is 7.98. The van der Waals surface area contributed by atoms with E-state index < -0.39 is 6.09 Å². The third kappa shape index (κ3) is 2.48. The Morgan fingerprint density at radius 1 is 1.60 bits per heavy atom. The highest BCUT2D eigenvalue weighted by molar-refractivity contribution is 5.67. The van der Waals surface area contributed by atoms with Gasteiger partial charge in [-0.1, -0.05) is 5.16 Å². The number of nitrogens with zero attached hydrogens (tertiary/aromatic N) is 2. The SMILES string of the molecule is C=NOC(=O)N(CC)CC. The maximum atomic E-state index is 10.8. The van der Waals surface area contributed by atoms with Crippen molar-refractivity contribution in [2.24, 2.45) is 5.16 Å². The number of amides is 1. The average Bonchev–Trinajstić information content (AvgIpc) is 1.91. The van der Waals surface area contributed by atoms with Crippen molar-refractivity contribution in [2.45, 2.75) is 13.8 Å². The third-order valence-electron chi connectivity index (χ3n) is 1.16. The molecule has 0 saturated carbocycles. The minimum absolute atomic E-state index is 0.444. The van der Waals surface area contributed by atoms with Gasteiger partial charge in [0.05, 0.1) is 0 Å². The van der Waals surface area contributed by atoms with Crippen LogP contribution >= 0.6 is 0 Å². The van der Waals surface area contributed by atoms with Crippen LogP contribution in [0.4, 0.5) is 4.79 Å². The van der Waals surface area contributed by atoms with Crippen LogP contribution in [-0.4, -0.2) is 30.8 Å². The Morgan fingerprint density at radius 2 is 2.10 bits per heavy atom. The van der Waals surface area contributed by atoms with Crippen LogP contribution in [-0.2, 0) is 4.84 Å². The van der Waals surface area contributed by atoms with Crippen LogP contribution in [0, 0.1) is 0 Å². The smallest absolute Gasteiger partial charge is 0.307 e. The molecule has 0 aromatic rings. The lowest BCUT2D eigenvalue weighted by Gasteiger charge is -2.14. The molecule has 0 bridgehead atoms. The zero-order valence-corrected chi connectivity index (χ0v) is 6.33. The van der Waals surface area contributed by atoms with Crippen LogP contribution < -0.4 is 0 Å². The molecule has 0 aliphatic carbocycles. The van der Waals surface area contributed by atoms with E-state index in [1.807, 2.05) is 13.8 Å². The zero-order valence-electron chi connectivity index (χ0n) is 6.33. The van der Waals surface area contributed by atoms with Gasteiger partial charge in [-0.15, -0.1) is 0 Å². The van der Waals surface area contributed by atoms with E-state index in [2.05, 4.69) is 16.7 Å². The van der Waals surface area contributed by atoms with Gasteiger partial charge in [-0.25, -0.2) is 4.79 Å². The maximum absolute atomic E-state index is 10.8. The van der Waals surface area contributed by atoms with E-state index in [9.17, 15) is 4.79 Å². The van der Waals surface area contributed by atoms with Gasteiger partial charge in [0, 0.05) is 19.8 Å². The van der Waals surface area contributed by atoms with E-state index in [4.69, 9.17) is 0 Å². The van der Waals surface area contributed by atoms with Crippen molar-refractivity contribution in [2.75, 3.05) is 13.1 Å². The summed E-state index contributed by atoms with van der Waals surface area (Å²) in [6.07, 6.45) is -0.444. The Balaban J connectivity index is 3.76. The molecule has 10 heavy (non-hydrogen) atoms. The lowest BCUT2D eigenvalue weighted by Crippen LogP contribution is -2.29. The summed E-state index contributed by atoms with van der Waals surface area (Å²) in [4.78, 5) is 16.6. The summed E-state index contributed by atoms with van der Waals surface area (Å²) in [6.45, 7) is 8.03. The first-order valence-corrected chi connectivity index (χ1v) is 3.18. The summed E-state index contributed by atoms with van der Waals surface area (Å²) in [5.74, 6) is 0. The van der Waals surface area contributed by atoms with Gasteiger partial charge in [0.25, 0.3) is 0 Å². The summed E-state index contributed by atoms with van der Waals surface area (Å²) in [5, 5.41) is 3.01. The van der Waals surface area contributed by atoms with Crippen LogP contribution in [0.1, 0.15) is 13.8 Å². The quantitative estimate of drug-likeness (QED) is 0.338. The van der Waals surface area contributed by atoms with Gasteiger partial charge >= 0.3 is 6.09 Å². The topological polar surface area (TPSA) is 41.9 Å². The molecule has 0 unspecified atom stereocenters. The normalized spacial score (nSPS) is 8.60. The number of hydrogen-bond donors (Lipinski definition) is 0. The summed E-state index contributed by atoms with van der Waals surface area (Å²) < 4.78 is 0. The molecule has 0 aliphatic heterocycles. The van der Waals surface area contributed by atoms with Gasteiger partial charge in [0.15, 0.2) is 0 Å². The molecule has 1 amide bonds. The molecule has 0 radical (unpaired) electrons. The summed E-state index contributed by atoms with van der Waals surface area (Å²) in [7, 11) is 0. The molecule has 0 aliphatic rings. The van der Waals surface area contributed by atoms with Gasteiger partial charge in [-0.05, 0) is 13.8 Å². The molecule has 0 saturated heterocycles. The molecular formula is C6H12N2O2. The Labute approximate surface area is 60.4 Å². The van der Waals surface area contributed by atoms with Crippen molar-refractivity contribution < 1.29 is 9.63 Å². The molecule has 0 atom stereocenters. The van der Waals surface area contributed by atoms with Crippen molar-refractivity contribution in [3.63, 3.8) is 0 Å². The van der Waals surface area contributed by atoms with E-state index in [0.29, 0.717) is 13.1 Å². The second-order valence-corrected chi connectivity index (χ2v) is 1.66. The minimum atomic E-state index is -0.444. The van der Waals surface area contributed by atoms with E-state index in [1.54, 1.807) is 0 Å². The Morgan fingerprint density at radius 3 is 2.40 bits per heavy atom. The van der Waals surface area contributed by atoms with Crippen molar-refractivity contribution in [1.29, 1.82) is 0 Å². The third-order valence-corrected chi connectivity index (χ3v) is 1.16. The molecule has 0 heterocycles. The Kier molecular flexibility index (Phi) is 4.28. The standard InChI is InChI=1S/C6H12N2O2/c1-4-8(5-2)6(9)10-7-3/h3-5H2,1-2H3. The van der Waals surface area contributed by atoms with Crippen LogP contribution in [0.15, 0.2) is 5.16 Å². The van der Waals surface area contributed by atoms with Crippen LogP contribution in [0.25, 0.3) is 0 Å². The highest BCUT2D eigenvalue weighted by Crippen LogP contribution is 1.91. The number of rotatable bonds is 3. The van der Waals surface area contributed by atoms with Gasteiger partial charge < -0.3 is 4.90 Å². The number of hydrogen-bond acceptors (Lipinski definition) is 3. The van der Waals surface area contributed by atoms with Crippen molar-refractivity contribution in [3.8, 4) is 0 Å². The predicted octanol–water partition coefficient (Wildman–Crippen LogP) is 1.08. The summed E-state index contributed by atoms with van der Waals surface area (Å²) in [5.41, 5.74) is 0. The minimum Gasteiger partial charge on any atom is -0.307 e. The van der Waals surface area contributed by atoms with Crippen LogP contribution in [0.3, 0.4) is 0 Å².